The Morgan fingerprint density at radius 3 is 2.67 bits per heavy atom. The number of rotatable bonds is 6. The number of benzene rings is 1. The summed E-state index contributed by atoms with van der Waals surface area (Å²) in [7, 11) is 2.20. The molecule has 0 spiro atoms. The van der Waals surface area contributed by atoms with Crippen LogP contribution in [0.2, 0.25) is 0 Å². The van der Waals surface area contributed by atoms with Gasteiger partial charge >= 0.3 is 0 Å². The minimum absolute atomic E-state index is 0.599. The molecule has 100 valence electrons. The van der Waals surface area contributed by atoms with E-state index >= 15 is 0 Å². The number of likely N-dealkylation sites (N-methyl/N-ethyl adjacent to an activating group) is 1. The lowest BCUT2D eigenvalue weighted by Crippen LogP contribution is -2.30. The average Bonchev–Trinajstić information content (AvgIpc) is 3.13. The van der Waals surface area contributed by atoms with Gasteiger partial charge < -0.3 is 10.2 Å². The molecule has 1 saturated carbocycles. The van der Waals surface area contributed by atoms with Crippen molar-refractivity contribution in [2.24, 2.45) is 0 Å². The maximum absolute atomic E-state index is 3.57. The van der Waals surface area contributed by atoms with E-state index in [-0.39, 0.29) is 0 Å². The van der Waals surface area contributed by atoms with E-state index in [9.17, 15) is 0 Å². The van der Waals surface area contributed by atoms with Gasteiger partial charge in [0.25, 0.3) is 0 Å². The van der Waals surface area contributed by atoms with Gasteiger partial charge in [0, 0.05) is 31.9 Å². The quantitative estimate of drug-likeness (QED) is 0.828. The van der Waals surface area contributed by atoms with Crippen LogP contribution in [0.4, 0.5) is 5.69 Å². The van der Waals surface area contributed by atoms with E-state index in [0.717, 1.165) is 19.1 Å². The average molecular weight is 246 g/mol. The Hall–Kier alpha value is -1.02. The van der Waals surface area contributed by atoms with Gasteiger partial charge in [-0.2, -0.15) is 0 Å². The summed E-state index contributed by atoms with van der Waals surface area (Å²) in [6.07, 6.45) is 2.73. The molecule has 0 bridgehead atoms. The molecule has 0 radical (unpaired) electrons. The topological polar surface area (TPSA) is 15.3 Å². The van der Waals surface area contributed by atoms with Crippen LogP contribution < -0.4 is 10.2 Å². The van der Waals surface area contributed by atoms with Crippen LogP contribution in [0.25, 0.3) is 0 Å². The van der Waals surface area contributed by atoms with E-state index < -0.39 is 0 Å². The number of nitrogens with zero attached hydrogens (tertiary/aromatic N) is 1. The second-order valence-electron chi connectivity index (χ2n) is 5.85. The van der Waals surface area contributed by atoms with Gasteiger partial charge in [0.05, 0.1) is 0 Å². The van der Waals surface area contributed by atoms with Gasteiger partial charge in [0.1, 0.15) is 0 Å². The third-order valence-electron chi connectivity index (χ3n) is 3.77. The van der Waals surface area contributed by atoms with E-state index in [4.69, 9.17) is 0 Å². The Morgan fingerprint density at radius 2 is 2.06 bits per heavy atom. The first kappa shape index (κ1) is 13.4. The highest BCUT2D eigenvalue weighted by atomic mass is 15.1. The summed E-state index contributed by atoms with van der Waals surface area (Å²) in [6.45, 7) is 8.88. The Kier molecular flexibility index (Phi) is 4.28. The lowest BCUT2D eigenvalue weighted by atomic mass is 10.0. The summed E-state index contributed by atoms with van der Waals surface area (Å²) in [5, 5.41) is 3.57. The summed E-state index contributed by atoms with van der Waals surface area (Å²) < 4.78 is 0. The van der Waals surface area contributed by atoms with Gasteiger partial charge in [0.2, 0.25) is 0 Å². The minimum atomic E-state index is 0.599. The molecule has 0 heterocycles. The SMILES string of the molecule is Cc1ccc(C(C)C)cc1N(C)CCNC1CC1. The summed E-state index contributed by atoms with van der Waals surface area (Å²) in [5.41, 5.74) is 4.17. The lowest BCUT2D eigenvalue weighted by Gasteiger charge is -2.23. The summed E-state index contributed by atoms with van der Waals surface area (Å²) in [6, 6.07) is 7.65. The summed E-state index contributed by atoms with van der Waals surface area (Å²) in [5.74, 6) is 0.599. The van der Waals surface area contributed by atoms with Crippen molar-refractivity contribution in [2.75, 3.05) is 25.0 Å². The number of anilines is 1. The minimum Gasteiger partial charge on any atom is -0.373 e. The van der Waals surface area contributed by atoms with Gasteiger partial charge in [-0.05, 0) is 42.9 Å². The molecular weight excluding hydrogens is 220 g/mol. The summed E-state index contributed by atoms with van der Waals surface area (Å²) >= 11 is 0. The standard InChI is InChI=1S/C16H26N2/c1-12(2)14-6-5-13(3)16(11-14)18(4)10-9-17-15-7-8-15/h5-6,11-12,15,17H,7-10H2,1-4H3. The molecule has 0 saturated heterocycles. The Morgan fingerprint density at radius 1 is 1.33 bits per heavy atom. The van der Waals surface area contributed by atoms with E-state index in [2.05, 4.69) is 56.2 Å². The van der Waals surface area contributed by atoms with Crippen molar-refractivity contribution in [1.29, 1.82) is 0 Å². The van der Waals surface area contributed by atoms with Gasteiger partial charge in [-0.25, -0.2) is 0 Å². The predicted octanol–water partition coefficient (Wildman–Crippen LogP) is 3.31. The molecule has 18 heavy (non-hydrogen) atoms. The van der Waals surface area contributed by atoms with Crippen LogP contribution in [-0.2, 0) is 0 Å². The molecule has 2 rings (SSSR count). The van der Waals surface area contributed by atoms with Crippen molar-refractivity contribution in [1.82, 2.24) is 5.32 Å². The molecule has 0 unspecified atom stereocenters. The maximum Gasteiger partial charge on any atom is 0.0396 e. The third kappa shape index (κ3) is 3.49. The van der Waals surface area contributed by atoms with Gasteiger partial charge in [-0.3, -0.25) is 0 Å². The Labute approximate surface area is 111 Å². The van der Waals surface area contributed by atoms with Crippen molar-refractivity contribution in [2.45, 2.75) is 45.6 Å². The molecule has 2 nitrogen and oxygen atoms in total. The van der Waals surface area contributed by atoms with E-state index in [1.54, 1.807) is 0 Å². The van der Waals surface area contributed by atoms with E-state index in [1.165, 1.54) is 29.7 Å². The monoisotopic (exact) mass is 246 g/mol. The number of aryl methyl sites for hydroxylation is 1. The number of hydrogen-bond donors (Lipinski definition) is 1. The van der Waals surface area contributed by atoms with Crippen LogP contribution in [0.5, 0.6) is 0 Å². The Bertz CT molecular complexity index is 394. The van der Waals surface area contributed by atoms with Crippen LogP contribution in [0.15, 0.2) is 18.2 Å². The van der Waals surface area contributed by atoms with Crippen molar-refractivity contribution in [3.05, 3.63) is 29.3 Å². The molecule has 2 heteroatoms. The van der Waals surface area contributed by atoms with Gasteiger partial charge in [-0.1, -0.05) is 26.0 Å². The molecule has 0 atom stereocenters. The molecule has 1 aromatic rings. The highest BCUT2D eigenvalue weighted by Gasteiger charge is 2.19. The van der Waals surface area contributed by atoms with Gasteiger partial charge in [-0.15, -0.1) is 0 Å². The summed E-state index contributed by atoms with van der Waals surface area (Å²) in [4.78, 5) is 2.37. The van der Waals surface area contributed by atoms with Crippen LogP contribution in [-0.4, -0.2) is 26.2 Å². The largest absolute Gasteiger partial charge is 0.373 e. The second-order valence-corrected chi connectivity index (χ2v) is 5.85. The molecule has 0 aliphatic heterocycles. The molecule has 1 fully saturated rings. The zero-order chi connectivity index (χ0) is 13.1. The fraction of sp³-hybridized carbons (Fsp3) is 0.625. The fourth-order valence-electron chi connectivity index (χ4n) is 2.24. The first-order chi connectivity index (χ1) is 8.58. The van der Waals surface area contributed by atoms with Crippen molar-refractivity contribution in [3.63, 3.8) is 0 Å². The molecule has 0 amide bonds. The number of hydrogen-bond acceptors (Lipinski definition) is 2. The van der Waals surface area contributed by atoms with Crippen LogP contribution in [0.1, 0.15) is 43.7 Å². The molecule has 1 N–H and O–H groups in total. The smallest absolute Gasteiger partial charge is 0.0396 e. The van der Waals surface area contributed by atoms with Crippen LogP contribution in [0, 0.1) is 6.92 Å². The van der Waals surface area contributed by atoms with Crippen LogP contribution >= 0.6 is 0 Å². The van der Waals surface area contributed by atoms with Gasteiger partial charge in [0.15, 0.2) is 0 Å². The lowest BCUT2D eigenvalue weighted by molar-refractivity contribution is 0.674. The molecule has 1 aromatic carbocycles. The van der Waals surface area contributed by atoms with E-state index in [1.807, 2.05) is 0 Å². The maximum atomic E-state index is 3.57. The highest BCUT2D eigenvalue weighted by molar-refractivity contribution is 5.55. The number of nitrogens with one attached hydrogen (secondary N) is 1. The molecule has 0 aromatic heterocycles. The van der Waals surface area contributed by atoms with Crippen molar-refractivity contribution in [3.8, 4) is 0 Å². The first-order valence-electron chi connectivity index (χ1n) is 7.13. The molecule has 1 aliphatic carbocycles. The predicted molar refractivity (Wildman–Crippen MR) is 79.6 cm³/mol. The molecule has 1 aliphatic rings. The molecular formula is C16H26N2. The second kappa shape index (κ2) is 5.75. The zero-order valence-corrected chi connectivity index (χ0v) is 12.2. The first-order valence-corrected chi connectivity index (χ1v) is 7.13. The van der Waals surface area contributed by atoms with Crippen molar-refractivity contribution < 1.29 is 0 Å². The third-order valence-corrected chi connectivity index (χ3v) is 3.77. The highest BCUT2D eigenvalue weighted by Crippen LogP contribution is 2.25. The van der Waals surface area contributed by atoms with Crippen molar-refractivity contribution >= 4 is 5.69 Å². The van der Waals surface area contributed by atoms with Crippen LogP contribution in [0.3, 0.4) is 0 Å². The normalized spacial score (nSPS) is 15.2. The fourth-order valence-corrected chi connectivity index (χ4v) is 2.24. The Balaban J connectivity index is 1.97. The van der Waals surface area contributed by atoms with E-state index in [0.29, 0.717) is 5.92 Å². The zero-order valence-electron chi connectivity index (χ0n) is 12.2.